The fourth-order valence-electron chi connectivity index (χ4n) is 5.82. The Labute approximate surface area is 208 Å². The lowest BCUT2D eigenvalue weighted by Gasteiger charge is -2.23. The molecule has 2 saturated heterocycles. The summed E-state index contributed by atoms with van der Waals surface area (Å²) in [4.78, 5) is 44.1. The van der Waals surface area contributed by atoms with E-state index in [2.05, 4.69) is 16.4 Å². The molecule has 4 atom stereocenters. The van der Waals surface area contributed by atoms with Crippen LogP contribution >= 0.6 is 0 Å². The predicted molar refractivity (Wildman–Crippen MR) is 133 cm³/mol. The van der Waals surface area contributed by atoms with E-state index in [4.69, 9.17) is 9.47 Å². The van der Waals surface area contributed by atoms with Crippen LogP contribution in [0.1, 0.15) is 22.8 Å². The Hall–Kier alpha value is -3.91. The van der Waals surface area contributed by atoms with Crippen molar-refractivity contribution in [2.75, 3.05) is 25.0 Å². The van der Waals surface area contributed by atoms with Gasteiger partial charge in [0.15, 0.2) is 0 Å². The van der Waals surface area contributed by atoms with Gasteiger partial charge < -0.3 is 24.7 Å². The molecule has 3 aliphatic heterocycles. The largest absolute Gasteiger partial charge is 0.462 e. The van der Waals surface area contributed by atoms with Gasteiger partial charge in [0.2, 0.25) is 11.8 Å². The van der Waals surface area contributed by atoms with Crippen molar-refractivity contribution in [3.05, 3.63) is 78.0 Å². The average Bonchev–Trinajstić information content (AvgIpc) is 3.63. The zero-order valence-corrected chi connectivity index (χ0v) is 19.9. The van der Waals surface area contributed by atoms with Crippen LogP contribution in [-0.2, 0) is 25.5 Å². The highest BCUT2D eigenvalue weighted by Crippen LogP contribution is 2.52. The Bertz CT molecular complexity index is 1390. The van der Waals surface area contributed by atoms with Crippen LogP contribution < -0.4 is 5.32 Å². The third-order valence-corrected chi connectivity index (χ3v) is 7.45. The Morgan fingerprint density at radius 1 is 1.22 bits per heavy atom. The summed E-state index contributed by atoms with van der Waals surface area (Å²) < 4.78 is 11.3. The molecule has 6 rings (SSSR count). The molecule has 8 nitrogen and oxygen atoms in total. The van der Waals surface area contributed by atoms with E-state index in [9.17, 15) is 14.4 Å². The number of ether oxygens (including phenoxy) is 2. The van der Waals surface area contributed by atoms with Crippen LogP contribution in [0, 0.1) is 11.8 Å². The molecule has 0 saturated carbocycles. The number of hydrogen-bond donors (Lipinski definition) is 2. The fourth-order valence-corrected chi connectivity index (χ4v) is 5.82. The molecule has 2 N–H and O–H groups in total. The fraction of sp³-hybridized carbons (Fsp3) is 0.321. The molecule has 184 valence electrons. The highest BCUT2D eigenvalue weighted by Gasteiger charge is 2.66. The quantitative estimate of drug-likeness (QED) is 0.395. The average molecular weight is 486 g/mol. The molecule has 2 bridgehead atoms. The van der Waals surface area contributed by atoms with Crippen LogP contribution in [-0.4, -0.2) is 59.1 Å². The molecule has 0 radical (unpaired) electrons. The molecule has 3 aliphatic rings. The Morgan fingerprint density at radius 2 is 2.08 bits per heavy atom. The van der Waals surface area contributed by atoms with Gasteiger partial charge in [-0.1, -0.05) is 36.4 Å². The first-order chi connectivity index (χ1) is 17.5. The van der Waals surface area contributed by atoms with E-state index in [1.807, 2.05) is 41.4 Å². The number of aromatic amines is 1. The van der Waals surface area contributed by atoms with Crippen molar-refractivity contribution in [2.45, 2.75) is 25.0 Å². The zero-order chi connectivity index (χ0) is 24.9. The molecule has 2 amide bonds. The van der Waals surface area contributed by atoms with Gasteiger partial charge in [-0.15, -0.1) is 0 Å². The van der Waals surface area contributed by atoms with Crippen LogP contribution in [0.2, 0.25) is 0 Å². The molecule has 4 heterocycles. The van der Waals surface area contributed by atoms with E-state index < -0.39 is 29.5 Å². The van der Waals surface area contributed by atoms with Crippen LogP contribution in [0.3, 0.4) is 0 Å². The summed E-state index contributed by atoms with van der Waals surface area (Å²) >= 11 is 0. The number of nitrogens with zero attached hydrogens (tertiary/aromatic N) is 1. The Kier molecular flexibility index (Phi) is 5.41. The second kappa shape index (κ2) is 8.64. The maximum Gasteiger partial charge on any atom is 0.338 e. The lowest BCUT2D eigenvalue weighted by molar-refractivity contribution is -0.135. The van der Waals surface area contributed by atoms with Gasteiger partial charge >= 0.3 is 5.97 Å². The van der Waals surface area contributed by atoms with E-state index in [-0.39, 0.29) is 18.4 Å². The summed E-state index contributed by atoms with van der Waals surface area (Å²) in [6.45, 7) is 3.00. The van der Waals surface area contributed by atoms with E-state index in [0.717, 1.165) is 16.5 Å². The minimum Gasteiger partial charge on any atom is -0.462 e. The van der Waals surface area contributed by atoms with Gasteiger partial charge in [0, 0.05) is 29.3 Å². The first-order valence-electron chi connectivity index (χ1n) is 12.3. The van der Waals surface area contributed by atoms with Crippen molar-refractivity contribution in [1.82, 2.24) is 9.88 Å². The summed E-state index contributed by atoms with van der Waals surface area (Å²) in [5, 5.41) is 4.04. The molecular weight excluding hydrogens is 458 g/mol. The van der Waals surface area contributed by atoms with Gasteiger partial charge in [-0.05, 0) is 43.2 Å². The van der Waals surface area contributed by atoms with Gasteiger partial charge in [-0.2, -0.15) is 0 Å². The predicted octanol–water partition coefficient (Wildman–Crippen LogP) is 3.31. The number of amides is 2. The van der Waals surface area contributed by atoms with Crippen LogP contribution in [0.4, 0.5) is 5.69 Å². The summed E-state index contributed by atoms with van der Waals surface area (Å²) in [5.74, 6) is -1.99. The molecule has 2 fully saturated rings. The lowest BCUT2D eigenvalue weighted by Crippen LogP contribution is -2.41. The molecule has 0 aliphatic carbocycles. The minimum atomic E-state index is -0.767. The molecule has 0 unspecified atom stereocenters. The maximum absolute atomic E-state index is 13.5. The number of rotatable bonds is 7. The monoisotopic (exact) mass is 485 g/mol. The molecule has 3 aromatic rings. The standard InChI is InChI=1S/C28H27N3O5/c1-2-35-27(34)17-6-5-7-19(14-17)30-25(32)23-22-10-12-28(36-22)16-31(26(33)24(23)28)13-11-18-15-29-21-9-4-3-8-20(18)21/h3-10,12,14-15,22-24,29H,2,11,13,16H2,1H3,(H,30,32)/t22-,23+,24-,28-/m0/s1. The smallest absolute Gasteiger partial charge is 0.338 e. The summed E-state index contributed by atoms with van der Waals surface area (Å²) in [7, 11) is 0. The van der Waals surface area contributed by atoms with Crippen LogP contribution in [0.15, 0.2) is 66.9 Å². The minimum absolute atomic E-state index is 0.0536. The molecule has 8 heteroatoms. The van der Waals surface area contributed by atoms with Gasteiger partial charge in [0.25, 0.3) is 0 Å². The van der Waals surface area contributed by atoms with Crippen molar-refractivity contribution in [3.63, 3.8) is 0 Å². The van der Waals surface area contributed by atoms with Crippen molar-refractivity contribution < 1.29 is 23.9 Å². The number of aromatic nitrogens is 1. The highest BCUT2D eigenvalue weighted by atomic mass is 16.5. The number of nitrogens with one attached hydrogen (secondary N) is 2. The van der Waals surface area contributed by atoms with Crippen molar-refractivity contribution >= 4 is 34.4 Å². The summed E-state index contributed by atoms with van der Waals surface area (Å²) in [5.41, 5.74) is 2.30. The molecule has 36 heavy (non-hydrogen) atoms. The number of fused-ring (bicyclic) bond motifs is 2. The van der Waals surface area contributed by atoms with E-state index >= 15 is 0 Å². The number of H-pyrrole nitrogens is 1. The van der Waals surface area contributed by atoms with Crippen molar-refractivity contribution in [1.29, 1.82) is 0 Å². The zero-order valence-electron chi connectivity index (χ0n) is 19.9. The Morgan fingerprint density at radius 3 is 2.94 bits per heavy atom. The molecule has 1 spiro atoms. The summed E-state index contributed by atoms with van der Waals surface area (Å²) in [6, 6.07) is 14.7. The third-order valence-electron chi connectivity index (χ3n) is 7.45. The highest BCUT2D eigenvalue weighted by molar-refractivity contribution is 6.00. The van der Waals surface area contributed by atoms with Gasteiger partial charge in [-0.25, -0.2) is 4.79 Å². The number of likely N-dealkylation sites (tertiary alicyclic amines) is 1. The van der Waals surface area contributed by atoms with E-state index in [0.29, 0.717) is 30.8 Å². The van der Waals surface area contributed by atoms with Crippen LogP contribution in [0.25, 0.3) is 10.9 Å². The molecule has 1 aromatic heterocycles. The second-order valence-electron chi connectivity index (χ2n) is 9.56. The first-order valence-corrected chi connectivity index (χ1v) is 12.3. The first kappa shape index (κ1) is 22.5. The van der Waals surface area contributed by atoms with Gasteiger partial charge in [0.05, 0.1) is 36.7 Å². The van der Waals surface area contributed by atoms with Gasteiger partial charge in [0.1, 0.15) is 5.60 Å². The van der Waals surface area contributed by atoms with Crippen molar-refractivity contribution in [2.24, 2.45) is 11.8 Å². The second-order valence-corrected chi connectivity index (χ2v) is 9.56. The topological polar surface area (TPSA) is 101 Å². The number of benzene rings is 2. The van der Waals surface area contributed by atoms with Gasteiger partial charge in [-0.3, -0.25) is 9.59 Å². The van der Waals surface area contributed by atoms with Crippen LogP contribution in [0.5, 0.6) is 0 Å². The number of hydrogen-bond acceptors (Lipinski definition) is 5. The number of carbonyl (C=O) groups is 3. The summed E-state index contributed by atoms with van der Waals surface area (Å²) in [6.07, 6.45) is 6.11. The van der Waals surface area contributed by atoms with E-state index in [1.54, 1.807) is 31.2 Å². The number of para-hydroxylation sites is 1. The number of carbonyl (C=O) groups excluding carboxylic acids is 3. The van der Waals surface area contributed by atoms with E-state index in [1.165, 1.54) is 0 Å². The number of esters is 1. The number of anilines is 1. The third kappa shape index (κ3) is 3.60. The maximum atomic E-state index is 13.5. The molecule has 2 aromatic carbocycles. The molecular formula is C28H27N3O5. The van der Waals surface area contributed by atoms with Crippen molar-refractivity contribution in [3.8, 4) is 0 Å². The SMILES string of the molecule is CCOC(=O)c1cccc(NC(=O)[C@@H]2[C@@H]3C=C[C@@]4(CN(CCc5c[nH]c6ccccc56)C(=O)[C@H]24)O3)c1. The lowest BCUT2D eigenvalue weighted by atomic mass is 9.76. The Balaban J connectivity index is 1.17. The normalized spacial score (nSPS) is 26.0.